The predicted molar refractivity (Wildman–Crippen MR) is 136 cm³/mol. The third-order valence-corrected chi connectivity index (χ3v) is 5.58. The molecule has 2 N–H and O–H groups in total. The summed E-state index contributed by atoms with van der Waals surface area (Å²) in [4.78, 5) is 22.9. The monoisotopic (exact) mass is 485 g/mol. The number of carboxylic acid groups (broad SMARTS) is 1. The number of rotatable bonds is 9. The fourth-order valence-corrected chi connectivity index (χ4v) is 3.64. The summed E-state index contributed by atoms with van der Waals surface area (Å²) in [6, 6.07) is 20.6. The van der Waals surface area contributed by atoms with Gasteiger partial charge in [-0.15, -0.1) is 5.10 Å². The smallest absolute Gasteiger partial charge is 0.305 e. The lowest BCUT2D eigenvalue weighted by Crippen LogP contribution is -2.25. The Kier molecular flexibility index (Phi) is 7.34. The molecule has 184 valence electrons. The van der Waals surface area contributed by atoms with Crippen LogP contribution < -0.4 is 14.8 Å². The van der Waals surface area contributed by atoms with Gasteiger partial charge in [0, 0.05) is 18.3 Å². The molecule has 1 heterocycles. The lowest BCUT2D eigenvalue weighted by Gasteiger charge is -2.09. The average molecular weight is 486 g/mol. The highest BCUT2D eigenvalue weighted by atomic mass is 16.5. The van der Waals surface area contributed by atoms with Crippen molar-refractivity contribution in [2.75, 3.05) is 13.7 Å². The summed E-state index contributed by atoms with van der Waals surface area (Å²) < 4.78 is 13.5. The Balaban J connectivity index is 1.64. The van der Waals surface area contributed by atoms with Crippen molar-refractivity contribution in [3.05, 3.63) is 89.6 Å². The van der Waals surface area contributed by atoms with Crippen LogP contribution in [0.5, 0.6) is 17.4 Å². The van der Waals surface area contributed by atoms with E-state index in [2.05, 4.69) is 5.32 Å². The number of aromatic nitrogens is 2. The number of aryl methyl sites for hydroxylation is 2. The Morgan fingerprint density at radius 1 is 0.972 bits per heavy atom. The van der Waals surface area contributed by atoms with E-state index < -0.39 is 5.97 Å². The van der Waals surface area contributed by atoms with E-state index in [4.69, 9.17) is 19.7 Å². The van der Waals surface area contributed by atoms with E-state index in [-0.39, 0.29) is 18.9 Å². The summed E-state index contributed by atoms with van der Waals surface area (Å²) in [6.45, 7) is 4.10. The van der Waals surface area contributed by atoms with E-state index >= 15 is 0 Å². The van der Waals surface area contributed by atoms with Gasteiger partial charge in [-0.1, -0.05) is 35.9 Å². The number of nitrogens with zero attached hydrogens (tertiary/aromatic N) is 2. The van der Waals surface area contributed by atoms with Gasteiger partial charge in [0.15, 0.2) is 0 Å². The van der Waals surface area contributed by atoms with E-state index in [0.717, 1.165) is 27.9 Å². The zero-order chi connectivity index (χ0) is 25.7. The number of carbonyl (C=O) groups excluding carboxylic acids is 1. The van der Waals surface area contributed by atoms with Crippen molar-refractivity contribution in [1.29, 1.82) is 0 Å². The molecule has 0 aliphatic carbocycles. The maximum atomic E-state index is 12.2. The highest BCUT2D eigenvalue weighted by Gasteiger charge is 2.17. The van der Waals surface area contributed by atoms with Crippen LogP contribution in [-0.4, -0.2) is 40.4 Å². The summed E-state index contributed by atoms with van der Waals surface area (Å²) in [7, 11) is 1.62. The quantitative estimate of drug-likeness (QED) is 0.339. The van der Waals surface area contributed by atoms with Crippen LogP contribution >= 0.6 is 0 Å². The maximum absolute atomic E-state index is 12.2. The van der Waals surface area contributed by atoms with E-state index in [1.165, 1.54) is 0 Å². The Labute approximate surface area is 209 Å². The summed E-state index contributed by atoms with van der Waals surface area (Å²) in [6.07, 6.45) is 1.77. The minimum atomic E-state index is -0.967. The molecule has 0 unspecified atom stereocenters. The van der Waals surface area contributed by atoms with E-state index in [0.29, 0.717) is 22.9 Å². The van der Waals surface area contributed by atoms with Crippen molar-refractivity contribution >= 4 is 11.9 Å². The topological polar surface area (TPSA) is 103 Å². The van der Waals surface area contributed by atoms with Crippen molar-refractivity contribution in [3.63, 3.8) is 0 Å². The molecular weight excluding hydrogens is 458 g/mol. The van der Waals surface area contributed by atoms with Gasteiger partial charge in [-0.05, 0) is 61.4 Å². The van der Waals surface area contributed by atoms with Crippen LogP contribution in [-0.2, 0) is 4.79 Å². The Morgan fingerprint density at radius 3 is 2.33 bits per heavy atom. The van der Waals surface area contributed by atoms with Crippen LogP contribution in [0.1, 0.15) is 27.9 Å². The van der Waals surface area contributed by atoms with Gasteiger partial charge in [-0.25, -0.2) is 4.68 Å². The molecule has 0 saturated heterocycles. The number of carboxylic acids is 1. The van der Waals surface area contributed by atoms with Gasteiger partial charge < -0.3 is 19.9 Å². The lowest BCUT2D eigenvalue weighted by atomic mass is 10.1. The number of ether oxygens (including phenoxy) is 2. The molecule has 0 atom stereocenters. The normalized spacial score (nSPS) is 10.6. The largest absolute Gasteiger partial charge is 0.494 e. The number of hydrogen-bond acceptors (Lipinski definition) is 5. The zero-order valence-electron chi connectivity index (χ0n) is 20.3. The minimum Gasteiger partial charge on any atom is -0.494 e. The predicted octanol–water partition coefficient (Wildman–Crippen LogP) is 5.16. The van der Waals surface area contributed by atoms with Gasteiger partial charge in [-0.2, -0.15) is 0 Å². The van der Waals surface area contributed by atoms with Crippen LogP contribution in [0.3, 0.4) is 0 Å². The second kappa shape index (κ2) is 10.8. The van der Waals surface area contributed by atoms with Crippen LogP contribution in [0.2, 0.25) is 0 Å². The third-order valence-electron chi connectivity index (χ3n) is 5.58. The second-order valence-corrected chi connectivity index (χ2v) is 8.36. The second-order valence-electron chi connectivity index (χ2n) is 8.36. The third kappa shape index (κ3) is 5.72. The van der Waals surface area contributed by atoms with Crippen LogP contribution in [0.4, 0.5) is 0 Å². The summed E-state index contributed by atoms with van der Waals surface area (Å²) in [5, 5.41) is 16.0. The van der Waals surface area contributed by atoms with Gasteiger partial charge in [-0.3, -0.25) is 9.59 Å². The maximum Gasteiger partial charge on any atom is 0.305 e. The zero-order valence-corrected chi connectivity index (χ0v) is 20.3. The molecule has 0 aliphatic heterocycles. The summed E-state index contributed by atoms with van der Waals surface area (Å²) >= 11 is 0. The molecule has 0 fully saturated rings. The lowest BCUT2D eigenvalue weighted by molar-refractivity contribution is -0.136. The molecular formula is C28H27N3O5. The number of nitrogens with one attached hydrogen (secondary N) is 1. The number of aliphatic carboxylic acids is 1. The van der Waals surface area contributed by atoms with Gasteiger partial charge in [0.25, 0.3) is 5.91 Å². The Bertz CT molecular complexity index is 1380. The highest BCUT2D eigenvalue weighted by molar-refractivity contribution is 5.94. The first-order chi connectivity index (χ1) is 17.3. The van der Waals surface area contributed by atoms with Crippen molar-refractivity contribution in [1.82, 2.24) is 15.1 Å². The van der Waals surface area contributed by atoms with Crippen molar-refractivity contribution in [2.24, 2.45) is 0 Å². The molecule has 4 rings (SSSR count). The van der Waals surface area contributed by atoms with Gasteiger partial charge in [0.05, 0.1) is 19.1 Å². The molecule has 0 bridgehead atoms. The standard InChI is InChI=1S/C28H27N3O5/c1-18-4-7-20(8-5-18)23-17-31(24-16-19(2)6-13-25(24)35-3)30-28(23)36-22-11-9-21(10-12-22)27(34)29-15-14-26(32)33/h4-13,16-17H,14-15H2,1-3H3,(H,29,34)(H,32,33). The molecule has 0 spiro atoms. The molecule has 1 aromatic heterocycles. The van der Waals surface area contributed by atoms with Crippen LogP contribution in [0.15, 0.2) is 72.9 Å². The Morgan fingerprint density at radius 2 is 1.67 bits per heavy atom. The molecule has 3 aromatic carbocycles. The van der Waals surface area contributed by atoms with Crippen LogP contribution in [0, 0.1) is 13.8 Å². The number of amides is 1. The van der Waals surface area contributed by atoms with Crippen LogP contribution in [0.25, 0.3) is 16.8 Å². The molecule has 36 heavy (non-hydrogen) atoms. The molecule has 0 aliphatic rings. The average Bonchev–Trinajstić information content (AvgIpc) is 3.28. The summed E-state index contributed by atoms with van der Waals surface area (Å²) in [5.74, 6) is 0.279. The molecule has 1 amide bonds. The molecule has 4 aromatic rings. The first kappa shape index (κ1) is 24.5. The van der Waals surface area contributed by atoms with Crippen molar-refractivity contribution < 1.29 is 24.2 Å². The number of carbonyl (C=O) groups is 2. The first-order valence-corrected chi connectivity index (χ1v) is 11.4. The fourth-order valence-electron chi connectivity index (χ4n) is 3.64. The van der Waals surface area contributed by atoms with Gasteiger partial charge in [0.2, 0.25) is 5.88 Å². The van der Waals surface area contributed by atoms with Crippen molar-refractivity contribution in [3.8, 4) is 34.2 Å². The Hall–Kier alpha value is -4.59. The molecule has 8 heteroatoms. The molecule has 0 saturated carbocycles. The van der Waals surface area contributed by atoms with E-state index in [1.807, 2.05) is 62.5 Å². The van der Waals surface area contributed by atoms with Crippen molar-refractivity contribution in [2.45, 2.75) is 20.3 Å². The van der Waals surface area contributed by atoms with E-state index in [9.17, 15) is 9.59 Å². The summed E-state index contributed by atoms with van der Waals surface area (Å²) in [5.41, 5.74) is 5.15. The van der Waals surface area contributed by atoms with Gasteiger partial charge >= 0.3 is 5.97 Å². The number of hydrogen-bond donors (Lipinski definition) is 2. The molecule has 8 nitrogen and oxygen atoms in total. The number of benzene rings is 3. The van der Waals surface area contributed by atoms with Gasteiger partial charge in [0.1, 0.15) is 17.2 Å². The SMILES string of the molecule is COc1ccc(C)cc1-n1cc(-c2ccc(C)cc2)c(Oc2ccc(C(=O)NCCC(=O)O)cc2)n1. The fraction of sp³-hybridized carbons (Fsp3) is 0.179. The highest BCUT2D eigenvalue weighted by Crippen LogP contribution is 2.35. The first-order valence-electron chi connectivity index (χ1n) is 11.4. The van der Waals surface area contributed by atoms with E-state index in [1.54, 1.807) is 36.1 Å². The number of methoxy groups -OCH3 is 1. The molecule has 0 radical (unpaired) electrons. The minimum absolute atomic E-state index is 0.0617.